The van der Waals surface area contributed by atoms with Gasteiger partial charge in [0.25, 0.3) is 11.5 Å². The molecule has 6 rings (SSSR count). The third kappa shape index (κ3) is 4.97. The summed E-state index contributed by atoms with van der Waals surface area (Å²) >= 11 is 0. The van der Waals surface area contributed by atoms with Crippen molar-refractivity contribution in [2.45, 2.75) is 32.2 Å². The number of aromatic nitrogens is 3. The summed E-state index contributed by atoms with van der Waals surface area (Å²) in [5.74, 6) is 0.371. The van der Waals surface area contributed by atoms with Gasteiger partial charge in [-0.25, -0.2) is 9.98 Å². The number of aliphatic imine (C=N–C) groups is 1. The molecule has 0 aliphatic carbocycles. The van der Waals surface area contributed by atoms with Crippen LogP contribution in [0.3, 0.4) is 0 Å². The molecule has 1 fully saturated rings. The molecule has 0 saturated carbocycles. The summed E-state index contributed by atoms with van der Waals surface area (Å²) in [4.78, 5) is 51.8. The molecular formula is C30H34N8O3. The summed E-state index contributed by atoms with van der Waals surface area (Å²) in [7, 11) is 3.65. The third-order valence-electron chi connectivity index (χ3n) is 8.08. The molecule has 3 aromatic heterocycles. The van der Waals surface area contributed by atoms with E-state index >= 15 is 0 Å². The molecule has 11 nitrogen and oxygen atoms in total. The van der Waals surface area contributed by atoms with Crippen LogP contribution in [0.2, 0.25) is 0 Å². The molecule has 6 heterocycles. The Morgan fingerprint density at radius 1 is 1.10 bits per heavy atom. The predicted octanol–water partition coefficient (Wildman–Crippen LogP) is 2.01. The van der Waals surface area contributed by atoms with Gasteiger partial charge in [0.2, 0.25) is 0 Å². The number of hydrogen-bond donors (Lipinski definition) is 2. The molecule has 0 spiro atoms. The van der Waals surface area contributed by atoms with Crippen molar-refractivity contribution >= 4 is 29.5 Å². The number of anilines is 1. The molecule has 41 heavy (non-hydrogen) atoms. The number of aryl methyl sites for hydroxylation is 2. The van der Waals surface area contributed by atoms with Crippen LogP contribution in [0.1, 0.15) is 44.9 Å². The number of pyridine rings is 2. The summed E-state index contributed by atoms with van der Waals surface area (Å²) in [5.41, 5.74) is 11.4. The van der Waals surface area contributed by atoms with Gasteiger partial charge in [0, 0.05) is 87.3 Å². The van der Waals surface area contributed by atoms with Crippen LogP contribution in [-0.4, -0.2) is 70.3 Å². The van der Waals surface area contributed by atoms with Crippen LogP contribution in [0.4, 0.5) is 11.5 Å². The SMILES string of the molecule is CN1CCN/C(=C\C(N)=Nc2cc(-c3ccnc(N4CCc5c(cc6n5CCCC6)C4=O)c3C=O)cn(C)c2=O)C1. The second kappa shape index (κ2) is 10.8. The minimum absolute atomic E-state index is 0.144. The smallest absolute Gasteiger partial charge is 0.276 e. The highest BCUT2D eigenvalue weighted by molar-refractivity contribution is 6.10. The second-order valence-corrected chi connectivity index (χ2v) is 10.9. The molecule has 212 valence electrons. The number of carbonyl (C=O) groups is 2. The number of nitrogens with zero attached hydrogens (tertiary/aromatic N) is 6. The monoisotopic (exact) mass is 554 g/mol. The minimum atomic E-state index is -0.317. The number of piperazine rings is 1. The Morgan fingerprint density at radius 3 is 2.76 bits per heavy atom. The Balaban J connectivity index is 1.36. The lowest BCUT2D eigenvalue weighted by molar-refractivity contribution is 0.0979. The number of amidine groups is 1. The van der Waals surface area contributed by atoms with Crippen molar-refractivity contribution in [1.82, 2.24) is 24.3 Å². The lowest BCUT2D eigenvalue weighted by atomic mass is 10.0. The van der Waals surface area contributed by atoms with E-state index in [0.29, 0.717) is 42.0 Å². The first-order valence-electron chi connectivity index (χ1n) is 14.0. The highest BCUT2D eigenvalue weighted by Crippen LogP contribution is 2.34. The van der Waals surface area contributed by atoms with E-state index in [-0.39, 0.29) is 28.6 Å². The number of amides is 1. The summed E-state index contributed by atoms with van der Waals surface area (Å²) in [6.45, 7) is 3.82. The molecule has 0 radical (unpaired) electrons. The van der Waals surface area contributed by atoms with E-state index in [2.05, 4.69) is 24.8 Å². The zero-order valence-electron chi connectivity index (χ0n) is 23.4. The molecule has 3 aliphatic heterocycles. The quantitative estimate of drug-likeness (QED) is 0.280. The van der Waals surface area contributed by atoms with Gasteiger partial charge >= 0.3 is 0 Å². The molecule has 11 heteroatoms. The number of aldehydes is 1. The van der Waals surface area contributed by atoms with E-state index in [0.717, 1.165) is 56.6 Å². The van der Waals surface area contributed by atoms with E-state index in [1.807, 2.05) is 13.1 Å². The van der Waals surface area contributed by atoms with Crippen molar-refractivity contribution in [3.05, 3.63) is 75.2 Å². The van der Waals surface area contributed by atoms with Crippen molar-refractivity contribution < 1.29 is 9.59 Å². The maximum atomic E-state index is 13.7. The van der Waals surface area contributed by atoms with Gasteiger partial charge in [0.05, 0.1) is 11.1 Å². The van der Waals surface area contributed by atoms with E-state index in [1.54, 1.807) is 42.6 Å². The minimum Gasteiger partial charge on any atom is -0.386 e. The van der Waals surface area contributed by atoms with Crippen LogP contribution in [0.15, 0.2) is 52.2 Å². The van der Waals surface area contributed by atoms with Gasteiger partial charge in [-0.2, -0.15) is 0 Å². The highest BCUT2D eigenvalue weighted by Gasteiger charge is 2.33. The first-order valence-corrected chi connectivity index (χ1v) is 14.0. The standard InChI is InChI=1S/C30H34N8O3/c1-35-12-9-32-20(17-35)14-27(31)34-25-13-19(16-36(2)30(25)41)22-6-8-33-28(24(22)18-39)38-11-7-26-23(29(38)40)15-21-5-3-4-10-37(21)26/h6,8,13-16,18,32H,3-5,7,9-12,17H2,1-2H3,(H2,31,34)/b20-14-. The molecule has 1 amide bonds. The van der Waals surface area contributed by atoms with Crippen LogP contribution in [0.25, 0.3) is 11.1 Å². The zero-order chi connectivity index (χ0) is 28.7. The molecular weight excluding hydrogens is 520 g/mol. The first kappa shape index (κ1) is 26.7. The van der Waals surface area contributed by atoms with E-state index < -0.39 is 0 Å². The van der Waals surface area contributed by atoms with Crippen LogP contribution in [0.5, 0.6) is 0 Å². The fourth-order valence-corrected chi connectivity index (χ4v) is 6.08. The zero-order valence-corrected chi connectivity index (χ0v) is 23.4. The van der Waals surface area contributed by atoms with E-state index in [9.17, 15) is 14.4 Å². The third-order valence-corrected chi connectivity index (χ3v) is 8.08. The van der Waals surface area contributed by atoms with Crippen molar-refractivity contribution in [3.8, 4) is 11.1 Å². The van der Waals surface area contributed by atoms with Crippen molar-refractivity contribution in [1.29, 1.82) is 0 Å². The Hall–Kier alpha value is -4.51. The molecule has 0 bridgehead atoms. The van der Waals surface area contributed by atoms with Gasteiger partial charge in [0.15, 0.2) is 6.29 Å². The number of hydrogen-bond acceptors (Lipinski definition) is 7. The molecule has 3 aromatic rings. The van der Waals surface area contributed by atoms with Gasteiger partial charge in [-0.05, 0) is 50.1 Å². The molecule has 0 atom stereocenters. The predicted molar refractivity (Wildman–Crippen MR) is 158 cm³/mol. The fourth-order valence-electron chi connectivity index (χ4n) is 6.08. The van der Waals surface area contributed by atoms with Crippen molar-refractivity contribution in [2.75, 3.05) is 38.1 Å². The number of likely N-dealkylation sites (N-methyl/N-ethyl adjacent to an activating group) is 1. The van der Waals surface area contributed by atoms with Crippen LogP contribution >= 0.6 is 0 Å². The Bertz CT molecular complexity index is 1660. The number of fused-ring (bicyclic) bond motifs is 3. The first-order chi connectivity index (χ1) is 19.8. The summed E-state index contributed by atoms with van der Waals surface area (Å²) in [6.07, 6.45) is 9.61. The number of rotatable bonds is 5. The van der Waals surface area contributed by atoms with Crippen molar-refractivity contribution in [3.63, 3.8) is 0 Å². The number of nitrogens with two attached hydrogens (primary N) is 1. The Labute approximate surface area is 238 Å². The summed E-state index contributed by atoms with van der Waals surface area (Å²) in [5, 5.41) is 3.30. The van der Waals surface area contributed by atoms with Gasteiger partial charge in [-0.15, -0.1) is 0 Å². The molecule has 1 saturated heterocycles. The fraction of sp³-hybridized carbons (Fsp3) is 0.367. The Kier molecular flexibility index (Phi) is 7.04. The van der Waals surface area contributed by atoms with Crippen LogP contribution < -0.4 is 21.5 Å². The van der Waals surface area contributed by atoms with Gasteiger partial charge in [0.1, 0.15) is 17.3 Å². The van der Waals surface area contributed by atoms with Crippen LogP contribution in [0, 0.1) is 0 Å². The van der Waals surface area contributed by atoms with Gasteiger partial charge < -0.3 is 20.2 Å². The highest BCUT2D eigenvalue weighted by atomic mass is 16.2. The number of nitrogens with one attached hydrogen (secondary N) is 1. The molecule has 0 aromatic carbocycles. The largest absolute Gasteiger partial charge is 0.386 e. The average molecular weight is 555 g/mol. The molecule has 3 aliphatic rings. The second-order valence-electron chi connectivity index (χ2n) is 10.9. The molecule has 3 N–H and O–H groups in total. The summed E-state index contributed by atoms with van der Waals surface area (Å²) in [6, 6.07) is 5.34. The molecule has 0 unspecified atom stereocenters. The lowest BCUT2D eigenvalue weighted by Crippen LogP contribution is -2.40. The van der Waals surface area contributed by atoms with Gasteiger partial charge in [-0.3, -0.25) is 24.2 Å². The van der Waals surface area contributed by atoms with Crippen molar-refractivity contribution in [2.24, 2.45) is 17.8 Å². The average Bonchev–Trinajstić information content (AvgIpc) is 3.35. The maximum absolute atomic E-state index is 13.7. The summed E-state index contributed by atoms with van der Waals surface area (Å²) < 4.78 is 3.70. The topological polar surface area (TPSA) is 131 Å². The van der Waals surface area contributed by atoms with Gasteiger partial charge in [-0.1, -0.05) is 0 Å². The maximum Gasteiger partial charge on any atom is 0.276 e. The normalized spacial score (nSPS) is 18.7. The lowest BCUT2D eigenvalue weighted by Gasteiger charge is -2.29. The Morgan fingerprint density at radius 2 is 1.95 bits per heavy atom. The van der Waals surface area contributed by atoms with Crippen LogP contribution in [-0.2, 0) is 26.4 Å². The van der Waals surface area contributed by atoms with E-state index in [1.165, 1.54) is 10.3 Å². The van der Waals surface area contributed by atoms with E-state index in [4.69, 9.17) is 5.73 Å². The number of carbonyl (C=O) groups excluding carboxylic acids is 2.